The molecule has 0 spiro atoms. The van der Waals surface area contributed by atoms with Crippen LogP contribution in [0.15, 0.2) is 185 Å². The molecule has 0 saturated carbocycles. The van der Waals surface area contributed by atoms with Gasteiger partial charge in [0, 0.05) is 49.4 Å². The zero-order valence-corrected chi connectivity index (χ0v) is 26.5. The summed E-state index contributed by atoms with van der Waals surface area (Å²) >= 11 is 0. The van der Waals surface area contributed by atoms with E-state index in [1.165, 1.54) is 5.39 Å². The normalized spacial score (nSPS) is 11.7. The van der Waals surface area contributed by atoms with Gasteiger partial charge in [-0.3, -0.25) is 0 Å². The number of hydrogen-bond donors (Lipinski definition) is 0. The molecule has 0 aliphatic heterocycles. The molecule has 0 bridgehead atoms. The highest BCUT2D eigenvalue weighted by atomic mass is 16.3. The number of para-hydroxylation sites is 4. The van der Waals surface area contributed by atoms with E-state index in [1.807, 2.05) is 12.1 Å². The van der Waals surface area contributed by atoms with E-state index < -0.39 is 0 Å². The predicted octanol–water partition coefficient (Wildman–Crippen LogP) is 13.4. The molecule has 3 heteroatoms. The van der Waals surface area contributed by atoms with Crippen molar-refractivity contribution >= 4 is 71.7 Å². The predicted molar refractivity (Wildman–Crippen MR) is 204 cm³/mol. The molecule has 8 aromatic carbocycles. The van der Waals surface area contributed by atoms with Crippen molar-refractivity contribution in [3.8, 4) is 22.3 Å². The van der Waals surface area contributed by atoms with Crippen LogP contribution in [0.4, 0.5) is 17.1 Å². The van der Waals surface area contributed by atoms with Gasteiger partial charge in [-0.2, -0.15) is 0 Å². The molecule has 0 N–H and O–H groups in total. The molecule has 0 radical (unpaired) electrons. The van der Waals surface area contributed by atoms with Crippen molar-refractivity contribution in [2.75, 3.05) is 4.90 Å². The van der Waals surface area contributed by atoms with Gasteiger partial charge in [-0.1, -0.05) is 127 Å². The first-order chi connectivity index (χ1) is 24.3. The van der Waals surface area contributed by atoms with E-state index in [0.29, 0.717) is 0 Å². The maximum atomic E-state index is 6.58. The number of nitrogens with zero attached hydrogens (tertiary/aromatic N) is 1. The van der Waals surface area contributed by atoms with Gasteiger partial charge in [-0.25, -0.2) is 0 Å². The van der Waals surface area contributed by atoms with Crippen molar-refractivity contribution in [3.63, 3.8) is 0 Å². The Balaban J connectivity index is 1.14. The maximum absolute atomic E-state index is 6.58. The Kier molecular flexibility index (Phi) is 6.18. The summed E-state index contributed by atoms with van der Waals surface area (Å²) in [5.74, 6) is 0. The van der Waals surface area contributed by atoms with Crippen LogP contribution in [0, 0.1) is 0 Å². The Morgan fingerprint density at radius 2 is 0.980 bits per heavy atom. The second-order valence-corrected chi connectivity index (χ2v) is 12.5. The van der Waals surface area contributed by atoms with Gasteiger partial charge in [0.25, 0.3) is 0 Å². The van der Waals surface area contributed by atoms with E-state index in [9.17, 15) is 0 Å². The molecule has 49 heavy (non-hydrogen) atoms. The van der Waals surface area contributed by atoms with E-state index in [-0.39, 0.29) is 0 Å². The van der Waals surface area contributed by atoms with Crippen molar-refractivity contribution in [1.82, 2.24) is 0 Å². The average molecular weight is 628 g/mol. The first-order valence-corrected chi connectivity index (χ1v) is 16.6. The largest absolute Gasteiger partial charge is 0.455 e. The maximum Gasteiger partial charge on any atom is 0.143 e. The van der Waals surface area contributed by atoms with Crippen molar-refractivity contribution in [1.29, 1.82) is 0 Å². The summed E-state index contributed by atoms with van der Waals surface area (Å²) in [5, 5.41) is 6.81. The molecule has 0 fully saturated rings. The summed E-state index contributed by atoms with van der Waals surface area (Å²) in [4.78, 5) is 2.34. The van der Waals surface area contributed by atoms with Crippen LogP contribution in [-0.4, -0.2) is 0 Å². The summed E-state index contributed by atoms with van der Waals surface area (Å²) in [5.41, 5.74) is 11.3. The van der Waals surface area contributed by atoms with E-state index in [2.05, 4.69) is 169 Å². The van der Waals surface area contributed by atoms with Gasteiger partial charge >= 0.3 is 0 Å². The second-order valence-electron chi connectivity index (χ2n) is 12.5. The Hall–Kier alpha value is -6.58. The molecule has 2 heterocycles. The molecule has 3 nitrogen and oxygen atoms in total. The van der Waals surface area contributed by atoms with Gasteiger partial charge in [0.15, 0.2) is 0 Å². The molecule has 10 rings (SSSR count). The van der Waals surface area contributed by atoms with Crippen molar-refractivity contribution < 1.29 is 8.83 Å². The molecule has 2 aromatic heterocycles. The Morgan fingerprint density at radius 1 is 0.347 bits per heavy atom. The minimum absolute atomic E-state index is 0.883. The van der Waals surface area contributed by atoms with E-state index in [0.717, 1.165) is 88.6 Å². The Labute approximate surface area is 282 Å². The highest BCUT2D eigenvalue weighted by Crippen LogP contribution is 2.46. The van der Waals surface area contributed by atoms with Crippen molar-refractivity contribution in [2.24, 2.45) is 0 Å². The van der Waals surface area contributed by atoms with Crippen LogP contribution in [0.5, 0.6) is 0 Å². The minimum Gasteiger partial charge on any atom is -0.455 e. The first-order valence-electron chi connectivity index (χ1n) is 16.6. The fraction of sp³-hybridized carbons (Fsp3) is 0. The van der Waals surface area contributed by atoms with Crippen LogP contribution in [0.3, 0.4) is 0 Å². The summed E-state index contributed by atoms with van der Waals surface area (Å²) in [7, 11) is 0. The van der Waals surface area contributed by atoms with Crippen LogP contribution < -0.4 is 4.90 Å². The lowest BCUT2D eigenvalue weighted by atomic mass is 9.96. The lowest BCUT2D eigenvalue weighted by molar-refractivity contribution is 0.670. The average Bonchev–Trinajstić information content (AvgIpc) is 3.75. The van der Waals surface area contributed by atoms with E-state index >= 15 is 0 Å². The second kappa shape index (κ2) is 11.0. The molecule has 0 aliphatic carbocycles. The summed E-state index contributed by atoms with van der Waals surface area (Å²) in [6, 6.07) is 61.9. The lowest BCUT2D eigenvalue weighted by Gasteiger charge is -2.28. The van der Waals surface area contributed by atoms with Gasteiger partial charge in [-0.15, -0.1) is 0 Å². The highest BCUT2D eigenvalue weighted by molar-refractivity contribution is 6.19. The van der Waals surface area contributed by atoms with Crippen LogP contribution in [0.1, 0.15) is 0 Å². The number of benzene rings is 8. The van der Waals surface area contributed by atoms with Gasteiger partial charge < -0.3 is 13.7 Å². The van der Waals surface area contributed by atoms with Gasteiger partial charge in [-0.05, 0) is 65.0 Å². The third kappa shape index (κ3) is 4.37. The Bertz CT molecular complexity index is 2830. The first kappa shape index (κ1) is 27.5. The zero-order chi connectivity index (χ0) is 32.3. The quantitative estimate of drug-likeness (QED) is 0.190. The summed E-state index contributed by atoms with van der Waals surface area (Å²) < 4.78 is 13.0. The lowest BCUT2D eigenvalue weighted by Crippen LogP contribution is -2.11. The van der Waals surface area contributed by atoms with Crippen LogP contribution in [-0.2, 0) is 0 Å². The third-order valence-corrected chi connectivity index (χ3v) is 9.68. The molecular formula is C46H29NO2. The molecular weight excluding hydrogens is 599 g/mol. The number of fused-ring (bicyclic) bond motifs is 8. The van der Waals surface area contributed by atoms with Crippen LogP contribution >= 0.6 is 0 Å². The van der Waals surface area contributed by atoms with Crippen LogP contribution in [0.2, 0.25) is 0 Å². The standard InChI is InChI=1S/C46H29NO2/c1-2-13-32(14-3-1)47(33-27-24-31(25-28-33)35-18-10-20-39-37-17-7-9-22-42(37)48-45(35)39)41-21-8-6-16-36(41)38-19-11-23-43-44(38)40-29-26-30-12-4-5-15-34(30)46(40)49-43/h1-29H. The topological polar surface area (TPSA) is 29.5 Å². The van der Waals surface area contributed by atoms with Gasteiger partial charge in [0.1, 0.15) is 22.3 Å². The number of anilines is 3. The fourth-order valence-electron chi connectivity index (χ4n) is 7.44. The van der Waals surface area contributed by atoms with E-state index in [1.54, 1.807) is 0 Å². The highest BCUT2D eigenvalue weighted by Gasteiger charge is 2.21. The number of hydrogen-bond acceptors (Lipinski definition) is 3. The minimum atomic E-state index is 0.883. The number of rotatable bonds is 5. The summed E-state index contributed by atoms with van der Waals surface area (Å²) in [6.07, 6.45) is 0. The Morgan fingerprint density at radius 3 is 1.88 bits per heavy atom. The van der Waals surface area contributed by atoms with E-state index in [4.69, 9.17) is 8.83 Å². The van der Waals surface area contributed by atoms with Crippen molar-refractivity contribution in [2.45, 2.75) is 0 Å². The zero-order valence-electron chi connectivity index (χ0n) is 26.5. The molecule has 0 atom stereocenters. The molecule has 0 amide bonds. The summed E-state index contributed by atoms with van der Waals surface area (Å²) in [6.45, 7) is 0. The fourth-order valence-corrected chi connectivity index (χ4v) is 7.44. The molecule has 230 valence electrons. The molecule has 10 aromatic rings. The van der Waals surface area contributed by atoms with Gasteiger partial charge in [0.05, 0.1) is 5.69 Å². The smallest absolute Gasteiger partial charge is 0.143 e. The monoisotopic (exact) mass is 627 g/mol. The molecule has 0 unspecified atom stereocenters. The number of furan rings is 2. The van der Waals surface area contributed by atoms with Crippen molar-refractivity contribution in [3.05, 3.63) is 176 Å². The van der Waals surface area contributed by atoms with Gasteiger partial charge in [0.2, 0.25) is 0 Å². The molecule has 0 aliphatic rings. The third-order valence-electron chi connectivity index (χ3n) is 9.68. The molecule has 0 saturated heterocycles. The SMILES string of the molecule is c1ccc(N(c2ccc(-c3cccc4c3oc3ccccc34)cc2)c2ccccc2-c2cccc3oc4c5ccccc5ccc4c23)cc1. The van der Waals surface area contributed by atoms with Crippen LogP contribution in [0.25, 0.3) is 76.9 Å².